The molecule has 2 aromatic rings. The standard InChI is InChI=1S/C21H22N2O4/c1-15-11-18(27-22-15)13-21(26)23-14-17(24)12-19(23)20(25)10-6-5-9-16-7-3-2-4-8-16/h2-4,7-8,11,17,19,24H,6,10,12-14H2,1H3/t17-,19+/m1/s1. The van der Waals surface area contributed by atoms with Crippen LogP contribution in [0, 0.1) is 18.8 Å². The molecule has 1 fully saturated rings. The van der Waals surface area contributed by atoms with Gasteiger partial charge in [-0.2, -0.15) is 0 Å². The van der Waals surface area contributed by atoms with Crippen LogP contribution in [0.15, 0.2) is 40.9 Å². The van der Waals surface area contributed by atoms with Crippen LogP contribution in [0.5, 0.6) is 0 Å². The molecule has 6 heteroatoms. The van der Waals surface area contributed by atoms with Gasteiger partial charge < -0.3 is 14.5 Å². The normalized spacial score (nSPS) is 18.8. The first-order valence-corrected chi connectivity index (χ1v) is 8.99. The number of aliphatic hydroxyl groups is 1. The molecule has 2 heterocycles. The average Bonchev–Trinajstić information content (AvgIpc) is 3.25. The fourth-order valence-electron chi connectivity index (χ4n) is 3.18. The maximum absolute atomic E-state index is 12.6. The van der Waals surface area contributed by atoms with E-state index >= 15 is 0 Å². The van der Waals surface area contributed by atoms with Crippen molar-refractivity contribution in [2.45, 2.75) is 44.8 Å². The van der Waals surface area contributed by atoms with Crippen LogP contribution in [-0.2, 0) is 16.0 Å². The van der Waals surface area contributed by atoms with E-state index in [1.54, 1.807) is 13.0 Å². The Morgan fingerprint density at radius 2 is 2.11 bits per heavy atom. The lowest BCUT2D eigenvalue weighted by Gasteiger charge is -2.22. The number of aromatic nitrogens is 1. The van der Waals surface area contributed by atoms with Gasteiger partial charge in [-0.1, -0.05) is 35.2 Å². The summed E-state index contributed by atoms with van der Waals surface area (Å²) in [7, 11) is 0. The number of carbonyl (C=O) groups is 2. The zero-order valence-electron chi connectivity index (χ0n) is 15.2. The average molecular weight is 366 g/mol. The van der Waals surface area contributed by atoms with Crippen LogP contribution >= 0.6 is 0 Å². The first kappa shape index (κ1) is 18.9. The molecule has 1 aromatic heterocycles. The van der Waals surface area contributed by atoms with Gasteiger partial charge in [0.15, 0.2) is 5.78 Å². The third kappa shape index (κ3) is 5.05. The van der Waals surface area contributed by atoms with Gasteiger partial charge in [0.1, 0.15) is 5.76 Å². The maximum atomic E-state index is 12.6. The summed E-state index contributed by atoms with van der Waals surface area (Å²) in [6, 6.07) is 10.7. The summed E-state index contributed by atoms with van der Waals surface area (Å²) in [5.74, 6) is 6.16. The number of likely N-dealkylation sites (tertiary alicyclic amines) is 1. The first-order valence-electron chi connectivity index (χ1n) is 8.99. The van der Waals surface area contributed by atoms with Gasteiger partial charge in [0.05, 0.1) is 24.3 Å². The summed E-state index contributed by atoms with van der Waals surface area (Å²) in [5, 5.41) is 13.7. The van der Waals surface area contributed by atoms with Gasteiger partial charge in [0.2, 0.25) is 5.91 Å². The number of aryl methyl sites for hydroxylation is 1. The van der Waals surface area contributed by atoms with Crippen LogP contribution in [-0.4, -0.2) is 45.5 Å². The lowest BCUT2D eigenvalue weighted by molar-refractivity contribution is -0.137. The Labute approximate surface area is 158 Å². The van der Waals surface area contributed by atoms with Crippen molar-refractivity contribution in [2.75, 3.05) is 6.54 Å². The lowest BCUT2D eigenvalue weighted by Crippen LogP contribution is -2.41. The number of amides is 1. The molecule has 0 unspecified atom stereocenters. The number of β-amino-alcohol motifs (C(OH)–C–C–N with tert-alkyl or cyclic N) is 1. The van der Waals surface area contributed by atoms with Crippen LogP contribution in [0.4, 0.5) is 0 Å². The molecule has 0 aliphatic carbocycles. The van der Waals surface area contributed by atoms with E-state index < -0.39 is 12.1 Å². The summed E-state index contributed by atoms with van der Waals surface area (Å²) < 4.78 is 5.08. The third-order valence-electron chi connectivity index (χ3n) is 4.48. The minimum Gasteiger partial charge on any atom is -0.391 e. The molecule has 140 valence electrons. The van der Waals surface area contributed by atoms with E-state index in [4.69, 9.17) is 4.52 Å². The van der Waals surface area contributed by atoms with Crippen molar-refractivity contribution < 1.29 is 19.2 Å². The highest BCUT2D eigenvalue weighted by Gasteiger charge is 2.38. The molecule has 1 amide bonds. The number of hydrogen-bond donors (Lipinski definition) is 1. The number of aliphatic hydroxyl groups excluding tert-OH is 1. The molecule has 2 atom stereocenters. The SMILES string of the molecule is Cc1cc(CC(=O)N2C[C@H](O)C[C@H]2C(=O)CCC#Cc2ccccc2)on1. The van der Waals surface area contributed by atoms with Crippen LogP contribution in [0.25, 0.3) is 0 Å². The Morgan fingerprint density at radius 1 is 1.33 bits per heavy atom. The van der Waals surface area contributed by atoms with Crippen LogP contribution < -0.4 is 0 Å². The van der Waals surface area contributed by atoms with E-state index in [0.29, 0.717) is 17.9 Å². The summed E-state index contributed by atoms with van der Waals surface area (Å²) >= 11 is 0. The van der Waals surface area contributed by atoms with E-state index in [9.17, 15) is 14.7 Å². The summed E-state index contributed by atoms with van der Waals surface area (Å²) in [6.07, 6.45) is 0.290. The molecule has 1 saturated heterocycles. The number of carbonyl (C=O) groups excluding carboxylic acids is 2. The van der Waals surface area contributed by atoms with Crippen molar-refractivity contribution in [3.8, 4) is 11.8 Å². The zero-order valence-corrected chi connectivity index (χ0v) is 15.2. The van der Waals surface area contributed by atoms with Gasteiger partial charge in [-0.25, -0.2) is 0 Å². The monoisotopic (exact) mass is 366 g/mol. The van der Waals surface area contributed by atoms with Crippen molar-refractivity contribution in [3.63, 3.8) is 0 Å². The second-order valence-corrected chi connectivity index (χ2v) is 6.70. The van der Waals surface area contributed by atoms with E-state index in [-0.39, 0.29) is 37.5 Å². The Kier molecular flexibility index (Phi) is 6.05. The Morgan fingerprint density at radius 3 is 2.81 bits per heavy atom. The molecule has 1 aromatic carbocycles. The van der Waals surface area contributed by atoms with Crippen LogP contribution in [0.2, 0.25) is 0 Å². The molecule has 3 rings (SSSR count). The number of Topliss-reactive ketones (excluding diaryl/α,β-unsaturated/α-hetero) is 1. The Bertz CT molecular complexity index is 863. The molecule has 1 aliphatic heterocycles. The van der Waals surface area contributed by atoms with Crippen LogP contribution in [0.3, 0.4) is 0 Å². The van der Waals surface area contributed by atoms with Gasteiger partial charge in [-0.3, -0.25) is 9.59 Å². The summed E-state index contributed by atoms with van der Waals surface area (Å²) in [4.78, 5) is 26.6. The second-order valence-electron chi connectivity index (χ2n) is 6.70. The molecule has 0 spiro atoms. The third-order valence-corrected chi connectivity index (χ3v) is 4.48. The highest BCUT2D eigenvalue weighted by molar-refractivity contribution is 5.90. The number of benzene rings is 1. The van der Waals surface area contributed by atoms with Crippen molar-refractivity contribution in [1.29, 1.82) is 0 Å². The van der Waals surface area contributed by atoms with Crippen molar-refractivity contribution in [2.24, 2.45) is 0 Å². The molecule has 1 N–H and O–H groups in total. The molecular formula is C21H22N2O4. The first-order chi connectivity index (χ1) is 13.0. The Hall–Kier alpha value is -2.91. The van der Waals surface area contributed by atoms with Crippen molar-refractivity contribution >= 4 is 11.7 Å². The quantitative estimate of drug-likeness (QED) is 0.817. The fraction of sp³-hybridized carbons (Fsp3) is 0.381. The second kappa shape index (κ2) is 8.65. The highest BCUT2D eigenvalue weighted by atomic mass is 16.5. The van der Waals surface area contributed by atoms with Gasteiger partial charge >= 0.3 is 0 Å². The van der Waals surface area contributed by atoms with E-state index in [0.717, 1.165) is 5.56 Å². The predicted molar refractivity (Wildman–Crippen MR) is 98.6 cm³/mol. The van der Waals surface area contributed by atoms with Crippen molar-refractivity contribution in [1.82, 2.24) is 10.1 Å². The molecule has 0 bridgehead atoms. The topological polar surface area (TPSA) is 83.6 Å². The molecule has 0 radical (unpaired) electrons. The van der Waals surface area contributed by atoms with Crippen molar-refractivity contribution in [3.05, 3.63) is 53.4 Å². The van der Waals surface area contributed by atoms with Gasteiger partial charge in [-0.15, -0.1) is 0 Å². The smallest absolute Gasteiger partial charge is 0.231 e. The van der Waals surface area contributed by atoms with Gasteiger partial charge in [0.25, 0.3) is 0 Å². The number of nitrogens with zero attached hydrogens (tertiary/aromatic N) is 2. The molecule has 27 heavy (non-hydrogen) atoms. The van der Waals surface area contributed by atoms with Gasteiger partial charge in [0, 0.05) is 37.4 Å². The minimum atomic E-state index is -0.685. The predicted octanol–water partition coefficient (Wildman–Crippen LogP) is 1.89. The minimum absolute atomic E-state index is 0.0329. The van der Waals surface area contributed by atoms with E-state index in [1.165, 1.54) is 4.90 Å². The number of rotatable bonds is 5. The molecular weight excluding hydrogens is 344 g/mol. The zero-order chi connectivity index (χ0) is 19.2. The van der Waals surface area contributed by atoms with E-state index in [2.05, 4.69) is 17.0 Å². The highest BCUT2D eigenvalue weighted by Crippen LogP contribution is 2.22. The molecule has 6 nitrogen and oxygen atoms in total. The van der Waals surface area contributed by atoms with E-state index in [1.807, 2.05) is 30.3 Å². The number of hydrogen-bond acceptors (Lipinski definition) is 5. The number of ketones is 1. The maximum Gasteiger partial charge on any atom is 0.231 e. The molecule has 0 saturated carbocycles. The lowest BCUT2D eigenvalue weighted by atomic mass is 10.0. The fourth-order valence-corrected chi connectivity index (χ4v) is 3.18. The molecule has 1 aliphatic rings. The summed E-state index contributed by atoms with van der Waals surface area (Å²) in [6.45, 7) is 1.94. The Balaban J connectivity index is 1.57. The summed E-state index contributed by atoms with van der Waals surface area (Å²) in [5.41, 5.74) is 1.60. The largest absolute Gasteiger partial charge is 0.391 e. The van der Waals surface area contributed by atoms with Crippen LogP contribution in [0.1, 0.15) is 36.3 Å². The van der Waals surface area contributed by atoms with Gasteiger partial charge in [-0.05, 0) is 19.1 Å².